The summed E-state index contributed by atoms with van der Waals surface area (Å²) in [6, 6.07) is 5.68. The maximum absolute atomic E-state index is 11.8. The van der Waals surface area contributed by atoms with Crippen LogP contribution in [0.15, 0.2) is 40.7 Å². The van der Waals surface area contributed by atoms with Crippen LogP contribution in [0, 0.1) is 0 Å². The van der Waals surface area contributed by atoms with Gasteiger partial charge in [-0.05, 0) is 30.2 Å². The summed E-state index contributed by atoms with van der Waals surface area (Å²) in [4.78, 5) is 22.3. The van der Waals surface area contributed by atoms with Gasteiger partial charge in [0.1, 0.15) is 0 Å². The first-order valence-corrected chi connectivity index (χ1v) is 6.15. The zero-order valence-corrected chi connectivity index (χ0v) is 11.6. The highest BCUT2D eigenvalue weighted by Crippen LogP contribution is 2.15. The van der Waals surface area contributed by atoms with Crippen LogP contribution in [0.5, 0.6) is 0 Å². The second kappa shape index (κ2) is 5.21. The van der Waals surface area contributed by atoms with Crippen LogP contribution in [-0.4, -0.2) is 20.2 Å². The van der Waals surface area contributed by atoms with Gasteiger partial charge in [-0.2, -0.15) is 0 Å². The Morgan fingerprint density at radius 2 is 1.85 bits per heavy atom. The third kappa shape index (κ3) is 2.56. The normalized spacial score (nSPS) is 12.4. The lowest BCUT2D eigenvalue weighted by atomic mass is 10.1. The number of nitrogens with zero attached hydrogens (tertiary/aromatic N) is 2. The fourth-order valence-corrected chi connectivity index (χ4v) is 2.10. The SMILES string of the molecule is CC(/C=C/c1ccc2c(c1)n(C)c(=O)n2C)=C\C(=O)O. The average Bonchev–Trinajstić information content (AvgIpc) is 2.61. The van der Waals surface area contributed by atoms with Gasteiger partial charge in [0.05, 0.1) is 11.0 Å². The predicted molar refractivity (Wildman–Crippen MR) is 78.6 cm³/mol. The summed E-state index contributed by atoms with van der Waals surface area (Å²) in [5, 5.41) is 8.64. The molecule has 20 heavy (non-hydrogen) atoms. The summed E-state index contributed by atoms with van der Waals surface area (Å²) in [5.41, 5.74) is 3.21. The van der Waals surface area contributed by atoms with Gasteiger partial charge in [-0.1, -0.05) is 18.2 Å². The number of imidazole rings is 1. The van der Waals surface area contributed by atoms with Crippen molar-refractivity contribution >= 4 is 23.1 Å². The summed E-state index contributed by atoms with van der Waals surface area (Å²) in [6.07, 6.45) is 4.70. The maximum Gasteiger partial charge on any atom is 0.328 e. The van der Waals surface area contributed by atoms with E-state index in [-0.39, 0.29) is 5.69 Å². The summed E-state index contributed by atoms with van der Waals surface area (Å²) in [6.45, 7) is 1.72. The van der Waals surface area contributed by atoms with E-state index in [2.05, 4.69) is 0 Å². The zero-order valence-electron chi connectivity index (χ0n) is 11.6. The lowest BCUT2D eigenvalue weighted by molar-refractivity contribution is -0.131. The molecule has 0 atom stereocenters. The number of carbonyl (C=O) groups is 1. The molecule has 0 radical (unpaired) electrons. The van der Waals surface area contributed by atoms with Gasteiger partial charge in [-0.3, -0.25) is 9.13 Å². The highest BCUT2D eigenvalue weighted by Gasteiger charge is 2.06. The Bertz CT molecular complexity index is 791. The third-order valence-corrected chi connectivity index (χ3v) is 3.19. The van der Waals surface area contributed by atoms with Crippen LogP contribution in [0.4, 0.5) is 0 Å². The van der Waals surface area contributed by atoms with Gasteiger partial charge < -0.3 is 5.11 Å². The predicted octanol–water partition coefficient (Wildman–Crippen LogP) is 1.92. The van der Waals surface area contributed by atoms with Crippen molar-refractivity contribution in [2.24, 2.45) is 14.1 Å². The number of fused-ring (bicyclic) bond motifs is 1. The second-order valence-corrected chi connectivity index (χ2v) is 4.71. The van der Waals surface area contributed by atoms with E-state index in [1.165, 1.54) is 0 Å². The van der Waals surface area contributed by atoms with Crippen LogP contribution in [0.1, 0.15) is 12.5 Å². The molecule has 1 aromatic carbocycles. The number of aromatic nitrogens is 2. The molecular formula is C15H16N2O3. The Balaban J connectivity index is 2.43. The lowest BCUT2D eigenvalue weighted by Gasteiger charge is -1.98. The van der Waals surface area contributed by atoms with Gasteiger partial charge in [-0.25, -0.2) is 9.59 Å². The fraction of sp³-hybridized carbons (Fsp3) is 0.200. The van der Waals surface area contributed by atoms with E-state index in [1.807, 2.05) is 24.3 Å². The van der Waals surface area contributed by atoms with E-state index in [0.29, 0.717) is 5.57 Å². The van der Waals surface area contributed by atoms with Crippen molar-refractivity contribution in [3.8, 4) is 0 Å². The van der Waals surface area contributed by atoms with Crippen molar-refractivity contribution in [2.45, 2.75) is 6.92 Å². The van der Waals surface area contributed by atoms with Crippen LogP contribution in [0.3, 0.4) is 0 Å². The van der Waals surface area contributed by atoms with Crippen molar-refractivity contribution < 1.29 is 9.90 Å². The standard InChI is InChI=1S/C15H16N2O3/c1-10(8-14(18)19)4-5-11-6-7-12-13(9-11)17(3)15(20)16(12)2/h4-9H,1-3H3,(H,18,19)/b5-4+,10-8+. The Labute approximate surface area is 116 Å². The highest BCUT2D eigenvalue weighted by atomic mass is 16.4. The van der Waals surface area contributed by atoms with Crippen molar-refractivity contribution in [3.63, 3.8) is 0 Å². The van der Waals surface area contributed by atoms with Crippen molar-refractivity contribution in [2.75, 3.05) is 0 Å². The van der Waals surface area contributed by atoms with Crippen molar-refractivity contribution in [1.82, 2.24) is 9.13 Å². The molecule has 1 aromatic heterocycles. The van der Waals surface area contributed by atoms with Gasteiger partial charge >= 0.3 is 11.7 Å². The van der Waals surface area contributed by atoms with Crippen LogP contribution in [-0.2, 0) is 18.9 Å². The number of allylic oxidation sites excluding steroid dienone is 2. The summed E-state index contributed by atoms with van der Waals surface area (Å²) < 4.78 is 3.19. The van der Waals surface area contributed by atoms with E-state index >= 15 is 0 Å². The van der Waals surface area contributed by atoms with Crippen LogP contribution in [0.25, 0.3) is 17.1 Å². The fourth-order valence-electron chi connectivity index (χ4n) is 2.10. The first-order valence-electron chi connectivity index (χ1n) is 6.15. The summed E-state index contributed by atoms with van der Waals surface area (Å²) in [7, 11) is 3.47. The molecule has 0 fully saturated rings. The van der Waals surface area contributed by atoms with E-state index in [1.54, 1.807) is 36.2 Å². The average molecular weight is 272 g/mol. The molecule has 2 aromatic rings. The number of rotatable bonds is 3. The topological polar surface area (TPSA) is 64.2 Å². The number of hydrogen-bond donors (Lipinski definition) is 1. The highest BCUT2D eigenvalue weighted by molar-refractivity contribution is 5.82. The molecule has 1 heterocycles. The largest absolute Gasteiger partial charge is 0.478 e. The minimum Gasteiger partial charge on any atom is -0.478 e. The van der Waals surface area contributed by atoms with E-state index in [4.69, 9.17) is 5.11 Å². The number of aliphatic carboxylic acids is 1. The van der Waals surface area contributed by atoms with E-state index in [0.717, 1.165) is 22.7 Å². The molecule has 0 saturated carbocycles. The van der Waals surface area contributed by atoms with Gasteiger partial charge in [0.2, 0.25) is 0 Å². The molecule has 5 heteroatoms. The lowest BCUT2D eigenvalue weighted by Crippen LogP contribution is -2.19. The Hall–Kier alpha value is -2.56. The first-order chi connectivity index (χ1) is 9.40. The molecule has 2 rings (SSSR count). The molecule has 104 valence electrons. The molecule has 0 bridgehead atoms. The van der Waals surface area contributed by atoms with Gasteiger partial charge in [-0.15, -0.1) is 0 Å². The molecule has 1 N–H and O–H groups in total. The Morgan fingerprint density at radius 3 is 2.50 bits per heavy atom. The first kappa shape index (κ1) is 13.9. The molecule has 0 unspecified atom stereocenters. The number of carboxylic acid groups (broad SMARTS) is 1. The third-order valence-electron chi connectivity index (χ3n) is 3.19. The number of carboxylic acids is 1. The van der Waals surface area contributed by atoms with Crippen molar-refractivity contribution in [3.05, 3.63) is 52.0 Å². The number of hydrogen-bond acceptors (Lipinski definition) is 2. The zero-order chi connectivity index (χ0) is 14.9. The van der Waals surface area contributed by atoms with Crippen LogP contribution < -0.4 is 5.69 Å². The molecule has 0 amide bonds. The van der Waals surface area contributed by atoms with Gasteiger partial charge in [0.15, 0.2) is 0 Å². The minimum atomic E-state index is -0.965. The smallest absolute Gasteiger partial charge is 0.328 e. The van der Waals surface area contributed by atoms with Gasteiger partial charge in [0.25, 0.3) is 0 Å². The quantitative estimate of drug-likeness (QED) is 0.686. The molecule has 5 nitrogen and oxygen atoms in total. The monoisotopic (exact) mass is 272 g/mol. The Kier molecular flexibility index (Phi) is 3.61. The van der Waals surface area contributed by atoms with E-state index < -0.39 is 5.97 Å². The van der Waals surface area contributed by atoms with Crippen LogP contribution in [0.2, 0.25) is 0 Å². The summed E-state index contributed by atoms with van der Waals surface area (Å²) in [5.74, 6) is -0.965. The van der Waals surface area contributed by atoms with Gasteiger partial charge in [0, 0.05) is 20.2 Å². The molecule has 0 aliphatic carbocycles. The number of benzene rings is 1. The molecule has 0 aliphatic rings. The van der Waals surface area contributed by atoms with E-state index in [9.17, 15) is 9.59 Å². The molecule has 0 aliphatic heterocycles. The molecule has 0 spiro atoms. The Morgan fingerprint density at radius 1 is 1.20 bits per heavy atom. The maximum atomic E-state index is 11.8. The van der Waals surface area contributed by atoms with Crippen LogP contribution >= 0.6 is 0 Å². The number of aryl methyl sites for hydroxylation is 2. The summed E-state index contributed by atoms with van der Waals surface area (Å²) >= 11 is 0. The minimum absolute atomic E-state index is 0.0666. The molecular weight excluding hydrogens is 256 g/mol. The molecule has 0 saturated heterocycles. The van der Waals surface area contributed by atoms with Crippen molar-refractivity contribution in [1.29, 1.82) is 0 Å². The second-order valence-electron chi connectivity index (χ2n) is 4.71.